The Labute approximate surface area is 193 Å². The molecule has 0 radical (unpaired) electrons. The monoisotopic (exact) mass is 460 g/mol. The van der Waals surface area contributed by atoms with Gasteiger partial charge in [-0.3, -0.25) is 9.10 Å². The standard InChI is InChI=1S/C25H36N2O4S/c1-8-23(27(32(7,29)30)21-16-18(2)15-19(3)17-21)24(28)26-13-14-31-22-11-9-20(10-12-22)25(4,5)6/h9-12,15-17,23H,8,13-14H2,1-7H3,(H,26,28)/t23-/m0/s1. The number of nitrogens with zero attached hydrogens (tertiary/aromatic N) is 1. The van der Waals surface area contributed by atoms with Crippen LogP contribution in [0.5, 0.6) is 5.75 Å². The SMILES string of the molecule is CC[C@@H](C(=O)NCCOc1ccc(C(C)(C)C)cc1)N(c1cc(C)cc(C)c1)S(C)(=O)=O. The van der Waals surface area contributed by atoms with Gasteiger partial charge in [-0.25, -0.2) is 8.42 Å². The summed E-state index contributed by atoms with van der Waals surface area (Å²) in [5.74, 6) is 0.385. The van der Waals surface area contributed by atoms with Crippen LogP contribution in [0.15, 0.2) is 42.5 Å². The quantitative estimate of drug-likeness (QED) is 0.565. The second-order valence-electron chi connectivity index (χ2n) is 9.24. The predicted molar refractivity (Wildman–Crippen MR) is 131 cm³/mol. The fraction of sp³-hybridized carbons (Fsp3) is 0.480. The molecule has 0 heterocycles. The molecular weight excluding hydrogens is 424 g/mol. The van der Waals surface area contributed by atoms with Crippen LogP contribution in [0.2, 0.25) is 0 Å². The van der Waals surface area contributed by atoms with Crippen LogP contribution in [0.25, 0.3) is 0 Å². The summed E-state index contributed by atoms with van der Waals surface area (Å²) in [5.41, 5.74) is 3.67. The van der Waals surface area contributed by atoms with Gasteiger partial charge in [-0.05, 0) is 66.6 Å². The molecule has 1 atom stereocenters. The number of sulfonamides is 1. The molecule has 0 aliphatic rings. The number of amides is 1. The minimum atomic E-state index is -3.66. The van der Waals surface area contributed by atoms with Gasteiger partial charge >= 0.3 is 0 Å². The molecule has 1 N–H and O–H groups in total. The molecule has 0 aliphatic carbocycles. The molecule has 0 spiro atoms. The highest BCUT2D eigenvalue weighted by Gasteiger charge is 2.31. The highest BCUT2D eigenvalue weighted by atomic mass is 32.2. The summed E-state index contributed by atoms with van der Waals surface area (Å²) in [7, 11) is -3.66. The normalized spacial score (nSPS) is 12.8. The van der Waals surface area contributed by atoms with E-state index in [9.17, 15) is 13.2 Å². The molecule has 32 heavy (non-hydrogen) atoms. The molecule has 0 saturated carbocycles. The van der Waals surface area contributed by atoms with Crippen LogP contribution in [-0.4, -0.2) is 39.8 Å². The van der Waals surface area contributed by atoms with Crippen molar-refractivity contribution in [2.24, 2.45) is 0 Å². The molecule has 0 aromatic heterocycles. The van der Waals surface area contributed by atoms with Gasteiger partial charge in [0.05, 0.1) is 18.5 Å². The van der Waals surface area contributed by atoms with Crippen molar-refractivity contribution >= 4 is 21.6 Å². The minimum absolute atomic E-state index is 0.0724. The first-order valence-electron chi connectivity index (χ1n) is 10.9. The van der Waals surface area contributed by atoms with E-state index in [0.717, 1.165) is 23.1 Å². The summed E-state index contributed by atoms with van der Waals surface area (Å²) < 4.78 is 32.1. The second kappa shape index (κ2) is 10.4. The van der Waals surface area contributed by atoms with E-state index in [2.05, 4.69) is 26.1 Å². The van der Waals surface area contributed by atoms with Gasteiger partial charge in [-0.1, -0.05) is 45.9 Å². The van der Waals surface area contributed by atoms with Crippen molar-refractivity contribution in [3.8, 4) is 5.75 Å². The number of anilines is 1. The van der Waals surface area contributed by atoms with Gasteiger partial charge in [-0.2, -0.15) is 0 Å². The number of carbonyl (C=O) groups is 1. The first-order valence-corrected chi connectivity index (χ1v) is 12.8. The Balaban J connectivity index is 2.04. The Morgan fingerprint density at radius 2 is 1.62 bits per heavy atom. The van der Waals surface area contributed by atoms with Crippen molar-refractivity contribution in [2.75, 3.05) is 23.7 Å². The highest BCUT2D eigenvalue weighted by Crippen LogP contribution is 2.26. The number of nitrogens with one attached hydrogen (secondary N) is 1. The Kier molecular flexibility index (Phi) is 8.35. The predicted octanol–water partition coefficient (Wildman–Crippen LogP) is 4.34. The molecule has 7 heteroatoms. The number of benzene rings is 2. The van der Waals surface area contributed by atoms with Crippen molar-refractivity contribution < 1.29 is 17.9 Å². The number of carbonyl (C=O) groups excluding carboxylic acids is 1. The van der Waals surface area contributed by atoms with Crippen LogP contribution in [0.4, 0.5) is 5.69 Å². The van der Waals surface area contributed by atoms with Gasteiger partial charge < -0.3 is 10.1 Å². The lowest BCUT2D eigenvalue weighted by Gasteiger charge is -2.30. The molecule has 0 bridgehead atoms. The zero-order valence-corrected chi connectivity index (χ0v) is 21.0. The number of rotatable bonds is 9. The molecule has 2 rings (SSSR count). The van der Waals surface area contributed by atoms with Crippen LogP contribution < -0.4 is 14.4 Å². The topological polar surface area (TPSA) is 75.7 Å². The summed E-state index contributed by atoms with van der Waals surface area (Å²) in [6, 6.07) is 12.6. The average Bonchev–Trinajstić information content (AvgIpc) is 2.67. The molecule has 0 aliphatic heterocycles. The van der Waals surface area contributed by atoms with Crippen molar-refractivity contribution in [1.82, 2.24) is 5.32 Å². The van der Waals surface area contributed by atoms with E-state index in [1.807, 2.05) is 44.2 Å². The third-order valence-corrected chi connectivity index (χ3v) is 6.36. The zero-order chi connectivity index (χ0) is 24.1. The third-order valence-electron chi connectivity index (χ3n) is 5.18. The van der Waals surface area contributed by atoms with Crippen molar-refractivity contribution in [3.05, 3.63) is 59.2 Å². The van der Waals surface area contributed by atoms with E-state index in [1.165, 1.54) is 9.87 Å². The maximum atomic E-state index is 12.9. The van der Waals surface area contributed by atoms with Crippen LogP contribution in [-0.2, 0) is 20.2 Å². The van der Waals surface area contributed by atoms with Crippen LogP contribution in [0, 0.1) is 13.8 Å². The van der Waals surface area contributed by atoms with Crippen molar-refractivity contribution in [1.29, 1.82) is 0 Å². The molecule has 2 aromatic carbocycles. The van der Waals surface area contributed by atoms with Crippen LogP contribution in [0.1, 0.15) is 50.8 Å². The molecule has 6 nitrogen and oxygen atoms in total. The average molecular weight is 461 g/mol. The van der Waals surface area contributed by atoms with E-state index in [4.69, 9.17) is 4.74 Å². The molecule has 1 amide bonds. The largest absolute Gasteiger partial charge is 0.492 e. The van der Waals surface area contributed by atoms with Crippen LogP contribution >= 0.6 is 0 Å². The number of aryl methyl sites for hydroxylation is 2. The van der Waals surface area contributed by atoms with Crippen LogP contribution in [0.3, 0.4) is 0 Å². The number of hydrogen-bond donors (Lipinski definition) is 1. The Morgan fingerprint density at radius 3 is 2.09 bits per heavy atom. The zero-order valence-electron chi connectivity index (χ0n) is 20.2. The lowest BCUT2D eigenvalue weighted by atomic mass is 9.87. The van der Waals surface area contributed by atoms with Gasteiger partial charge in [0, 0.05) is 0 Å². The molecule has 176 valence electrons. The van der Waals surface area contributed by atoms with E-state index in [0.29, 0.717) is 18.7 Å². The Morgan fingerprint density at radius 1 is 1.06 bits per heavy atom. The fourth-order valence-electron chi connectivity index (χ4n) is 3.65. The summed E-state index contributed by atoms with van der Waals surface area (Å²) in [4.78, 5) is 12.9. The van der Waals surface area contributed by atoms with E-state index in [1.54, 1.807) is 19.1 Å². The maximum absolute atomic E-state index is 12.9. The first kappa shape index (κ1) is 25.7. The maximum Gasteiger partial charge on any atom is 0.244 e. The molecule has 0 fully saturated rings. The Bertz CT molecular complexity index is 1000. The second-order valence-corrected chi connectivity index (χ2v) is 11.1. The van der Waals surface area contributed by atoms with Crippen molar-refractivity contribution in [3.63, 3.8) is 0 Å². The van der Waals surface area contributed by atoms with Gasteiger partial charge in [0.25, 0.3) is 0 Å². The lowest BCUT2D eigenvalue weighted by Crippen LogP contribution is -2.50. The van der Waals surface area contributed by atoms with Gasteiger partial charge in [0.1, 0.15) is 18.4 Å². The minimum Gasteiger partial charge on any atom is -0.492 e. The van der Waals surface area contributed by atoms with E-state index < -0.39 is 16.1 Å². The lowest BCUT2D eigenvalue weighted by molar-refractivity contribution is -0.122. The summed E-state index contributed by atoms with van der Waals surface area (Å²) in [6.07, 6.45) is 1.48. The van der Waals surface area contributed by atoms with Gasteiger partial charge in [-0.15, -0.1) is 0 Å². The molecule has 0 saturated heterocycles. The molecule has 0 unspecified atom stereocenters. The smallest absolute Gasteiger partial charge is 0.244 e. The summed E-state index contributed by atoms with van der Waals surface area (Å²) >= 11 is 0. The third kappa shape index (κ3) is 6.99. The highest BCUT2D eigenvalue weighted by molar-refractivity contribution is 7.92. The van der Waals surface area contributed by atoms with E-state index in [-0.39, 0.29) is 17.9 Å². The molecule has 2 aromatic rings. The van der Waals surface area contributed by atoms with E-state index >= 15 is 0 Å². The molecular formula is C25H36N2O4S. The summed E-state index contributed by atoms with van der Waals surface area (Å²) in [5, 5.41) is 2.82. The number of ether oxygens (including phenoxy) is 1. The number of hydrogen-bond acceptors (Lipinski definition) is 4. The van der Waals surface area contributed by atoms with Crippen molar-refractivity contribution in [2.45, 2.75) is 59.4 Å². The summed E-state index contributed by atoms with van der Waals surface area (Å²) in [6.45, 7) is 12.6. The van der Waals surface area contributed by atoms with Gasteiger partial charge in [0.2, 0.25) is 15.9 Å². The fourth-order valence-corrected chi connectivity index (χ4v) is 4.85. The van der Waals surface area contributed by atoms with Gasteiger partial charge in [0.15, 0.2) is 0 Å². The first-order chi connectivity index (χ1) is 14.8. The Hall–Kier alpha value is -2.54.